The number of fused-ring (bicyclic) bond motifs is 3. The van der Waals surface area contributed by atoms with Crippen molar-refractivity contribution in [3.8, 4) is 0 Å². The van der Waals surface area contributed by atoms with Gasteiger partial charge in [-0.15, -0.1) is 0 Å². The second kappa shape index (κ2) is 6.87. The molecule has 1 amide bonds. The molecule has 0 saturated heterocycles. The van der Waals surface area contributed by atoms with Gasteiger partial charge < -0.3 is 15.0 Å². The topological polar surface area (TPSA) is 67.1 Å². The second-order valence-electron chi connectivity index (χ2n) is 6.22. The molecule has 0 bridgehead atoms. The lowest BCUT2D eigenvalue weighted by atomic mass is 10.0. The summed E-state index contributed by atoms with van der Waals surface area (Å²) >= 11 is 12.2. The number of nitrogens with zero attached hydrogens (tertiary/aromatic N) is 2. The maximum Gasteiger partial charge on any atom is 0.229 e. The number of anilines is 1. The Morgan fingerprint density at radius 2 is 2.00 bits per heavy atom. The summed E-state index contributed by atoms with van der Waals surface area (Å²) in [6, 6.07) is 9.25. The molecule has 0 aliphatic carbocycles. The number of amides is 1. The van der Waals surface area contributed by atoms with Crippen molar-refractivity contribution in [2.24, 2.45) is 0 Å². The van der Waals surface area contributed by atoms with Crippen LogP contribution in [0.4, 0.5) is 10.1 Å². The van der Waals surface area contributed by atoms with Gasteiger partial charge in [0.1, 0.15) is 17.4 Å². The number of aliphatic hydroxyl groups excluding tert-OH is 1. The summed E-state index contributed by atoms with van der Waals surface area (Å²) in [5.74, 6) is -0.226. The van der Waals surface area contributed by atoms with Gasteiger partial charge in [0.15, 0.2) is 0 Å². The molecule has 0 spiro atoms. The molecule has 1 aliphatic heterocycles. The number of carbonyl (C=O) groups is 1. The lowest BCUT2D eigenvalue weighted by Gasteiger charge is -2.19. The first-order valence-corrected chi connectivity index (χ1v) is 9.00. The molecular weight excluding hydrogens is 392 g/mol. The van der Waals surface area contributed by atoms with E-state index in [2.05, 4.69) is 10.3 Å². The Morgan fingerprint density at radius 1 is 1.26 bits per heavy atom. The van der Waals surface area contributed by atoms with E-state index in [0.29, 0.717) is 45.6 Å². The standard InChI is InChI=1S/C19H14Cl2FN3O2/c20-12-2-1-3-13(21)18(12)24-17(27)9-11-16(26)6-7-25-15-5-4-10(22)8-14(15)23-19(11)25/h1-5,8,26H,6-7,9H2,(H,24,27). The third-order valence-corrected chi connectivity index (χ3v) is 5.10. The molecule has 0 saturated carbocycles. The number of aliphatic hydroxyl groups is 1. The molecule has 0 fully saturated rings. The smallest absolute Gasteiger partial charge is 0.229 e. The van der Waals surface area contributed by atoms with Crippen molar-refractivity contribution in [2.75, 3.05) is 5.32 Å². The minimum Gasteiger partial charge on any atom is -0.512 e. The Hall–Kier alpha value is -2.57. The number of aryl methyl sites for hydroxylation is 1. The quantitative estimate of drug-likeness (QED) is 0.630. The summed E-state index contributed by atoms with van der Waals surface area (Å²) in [6.07, 6.45) is 0.254. The second-order valence-corrected chi connectivity index (χ2v) is 7.03. The zero-order chi connectivity index (χ0) is 19.1. The Morgan fingerprint density at radius 3 is 2.74 bits per heavy atom. The number of carbonyl (C=O) groups excluding carboxylic acids is 1. The average Bonchev–Trinajstić information content (AvgIpc) is 2.98. The number of hydrogen-bond acceptors (Lipinski definition) is 3. The van der Waals surface area contributed by atoms with Crippen LogP contribution in [-0.2, 0) is 11.3 Å². The summed E-state index contributed by atoms with van der Waals surface area (Å²) in [5, 5.41) is 13.7. The van der Waals surface area contributed by atoms with Crippen molar-refractivity contribution in [3.63, 3.8) is 0 Å². The molecule has 0 unspecified atom stereocenters. The molecule has 5 nitrogen and oxygen atoms in total. The van der Waals surface area contributed by atoms with Crippen LogP contribution in [0.1, 0.15) is 18.7 Å². The van der Waals surface area contributed by atoms with Crippen LogP contribution in [0, 0.1) is 5.82 Å². The van der Waals surface area contributed by atoms with Gasteiger partial charge in [-0.25, -0.2) is 9.37 Å². The van der Waals surface area contributed by atoms with E-state index in [1.54, 1.807) is 24.3 Å². The van der Waals surface area contributed by atoms with Crippen LogP contribution in [0.5, 0.6) is 0 Å². The van der Waals surface area contributed by atoms with Gasteiger partial charge in [0.2, 0.25) is 5.91 Å². The third kappa shape index (κ3) is 3.26. The SMILES string of the molecule is O=C(CC1=C(O)CCn2c1nc1cc(F)ccc12)Nc1c(Cl)cccc1Cl. The fourth-order valence-corrected chi connectivity index (χ4v) is 3.69. The van der Waals surface area contributed by atoms with Gasteiger partial charge in [0.05, 0.1) is 33.2 Å². The molecule has 1 aromatic heterocycles. The maximum absolute atomic E-state index is 13.5. The van der Waals surface area contributed by atoms with E-state index in [1.165, 1.54) is 12.1 Å². The fourth-order valence-electron chi connectivity index (χ4n) is 3.20. The first-order valence-electron chi connectivity index (χ1n) is 8.25. The zero-order valence-corrected chi connectivity index (χ0v) is 15.5. The summed E-state index contributed by atoms with van der Waals surface area (Å²) in [4.78, 5) is 17.0. The lowest BCUT2D eigenvalue weighted by molar-refractivity contribution is -0.115. The molecule has 0 radical (unpaired) electrons. The average molecular weight is 406 g/mol. The van der Waals surface area contributed by atoms with Gasteiger partial charge >= 0.3 is 0 Å². The first kappa shape index (κ1) is 17.8. The van der Waals surface area contributed by atoms with Crippen molar-refractivity contribution in [1.29, 1.82) is 0 Å². The van der Waals surface area contributed by atoms with Crippen LogP contribution < -0.4 is 5.32 Å². The maximum atomic E-state index is 13.5. The summed E-state index contributed by atoms with van der Waals surface area (Å²) in [5.41, 5.74) is 1.95. The highest BCUT2D eigenvalue weighted by atomic mass is 35.5. The summed E-state index contributed by atoms with van der Waals surface area (Å²) < 4.78 is 15.4. The van der Waals surface area contributed by atoms with E-state index in [0.717, 1.165) is 5.52 Å². The van der Waals surface area contributed by atoms with E-state index in [4.69, 9.17) is 23.2 Å². The van der Waals surface area contributed by atoms with E-state index < -0.39 is 5.91 Å². The van der Waals surface area contributed by atoms with Crippen LogP contribution in [0.2, 0.25) is 10.0 Å². The molecule has 2 N–H and O–H groups in total. The first-order chi connectivity index (χ1) is 12.9. The van der Waals surface area contributed by atoms with E-state index in [1.807, 2.05) is 4.57 Å². The molecule has 0 atom stereocenters. The molecule has 138 valence electrons. The minimum atomic E-state index is -0.391. The van der Waals surface area contributed by atoms with Gasteiger partial charge in [0.25, 0.3) is 0 Å². The van der Waals surface area contributed by atoms with Gasteiger partial charge in [0, 0.05) is 24.6 Å². The Labute approximate surface area is 164 Å². The number of para-hydroxylation sites is 1. The Kier molecular flexibility index (Phi) is 4.53. The highest BCUT2D eigenvalue weighted by Crippen LogP contribution is 2.33. The number of nitrogens with one attached hydrogen (secondary N) is 1. The minimum absolute atomic E-state index is 0.0960. The Bertz CT molecular complexity index is 1090. The molecular formula is C19H14Cl2FN3O2. The number of imidazole rings is 1. The normalized spacial score (nSPS) is 13.7. The fraction of sp³-hybridized carbons (Fsp3) is 0.158. The van der Waals surface area contributed by atoms with Crippen molar-refractivity contribution < 1.29 is 14.3 Å². The van der Waals surface area contributed by atoms with Crippen molar-refractivity contribution in [1.82, 2.24) is 9.55 Å². The van der Waals surface area contributed by atoms with Gasteiger partial charge in [-0.05, 0) is 24.3 Å². The van der Waals surface area contributed by atoms with Gasteiger partial charge in [-0.2, -0.15) is 0 Å². The number of hydrogen-bond donors (Lipinski definition) is 2. The molecule has 27 heavy (non-hydrogen) atoms. The highest BCUT2D eigenvalue weighted by molar-refractivity contribution is 6.39. The van der Waals surface area contributed by atoms with E-state index in [9.17, 15) is 14.3 Å². The van der Waals surface area contributed by atoms with Gasteiger partial charge in [-0.3, -0.25) is 4.79 Å². The largest absolute Gasteiger partial charge is 0.512 e. The van der Waals surface area contributed by atoms with E-state index in [-0.39, 0.29) is 18.0 Å². The van der Waals surface area contributed by atoms with Crippen LogP contribution >= 0.6 is 23.2 Å². The lowest BCUT2D eigenvalue weighted by Crippen LogP contribution is -2.18. The van der Waals surface area contributed by atoms with Crippen molar-refractivity contribution in [3.05, 3.63) is 63.8 Å². The summed E-state index contributed by atoms with van der Waals surface area (Å²) in [6.45, 7) is 0.505. The highest BCUT2D eigenvalue weighted by Gasteiger charge is 2.25. The number of allylic oxidation sites excluding steroid dienone is 1. The monoisotopic (exact) mass is 405 g/mol. The van der Waals surface area contributed by atoms with Crippen LogP contribution in [-0.4, -0.2) is 20.6 Å². The molecule has 8 heteroatoms. The van der Waals surface area contributed by atoms with Crippen molar-refractivity contribution in [2.45, 2.75) is 19.4 Å². The molecule has 1 aliphatic rings. The number of aromatic nitrogens is 2. The van der Waals surface area contributed by atoms with Crippen LogP contribution in [0.15, 0.2) is 42.2 Å². The molecule has 2 aromatic carbocycles. The number of rotatable bonds is 3. The molecule has 4 rings (SSSR count). The zero-order valence-electron chi connectivity index (χ0n) is 14.0. The van der Waals surface area contributed by atoms with E-state index >= 15 is 0 Å². The van der Waals surface area contributed by atoms with Crippen LogP contribution in [0.3, 0.4) is 0 Å². The Balaban J connectivity index is 1.66. The van der Waals surface area contributed by atoms with Crippen molar-refractivity contribution >= 4 is 51.4 Å². The number of benzene rings is 2. The number of halogens is 3. The molecule has 3 aromatic rings. The summed E-state index contributed by atoms with van der Waals surface area (Å²) in [7, 11) is 0. The molecule has 2 heterocycles. The third-order valence-electron chi connectivity index (χ3n) is 4.47. The van der Waals surface area contributed by atoms with Crippen LogP contribution in [0.25, 0.3) is 16.6 Å². The predicted molar refractivity (Wildman–Crippen MR) is 104 cm³/mol. The van der Waals surface area contributed by atoms with Gasteiger partial charge in [-0.1, -0.05) is 29.3 Å². The predicted octanol–water partition coefficient (Wildman–Crippen LogP) is 5.18.